The molecule has 0 aliphatic carbocycles. The van der Waals surface area contributed by atoms with E-state index in [0.717, 1.165) is 24.6 Å². The van der Waals surface area contributed by atoms with Crippen molar-refractivity contribution >= 4 is 18.2 Å². The van der Waals surface area contributed by atoms with Crippen molar-refractivity contribution in [2.75, 3.05) is 11.4 Å². The Morgan fingerprint density at radius 2 is 2.05 bits per heavy atom. The summed E-state index contributed by atoms with van der Waals surface area (Å²) in [5, 5.41) is 7.50. The summed E-state index contributed by atoms with van der Waals surface area (Å²) in [7, 11) is 0. The molecule has 0 amide bonds. The van der Waals surface area contributed by atoms with Gasteiger partial charge in [-0.25, -0.2) is 5.10 Å². The zero-order valence-electron chi connectivity index (χ0n) is 12.5. The highest BCUT2D eigenvalue weighted by Gasteiger charge is 2.24. The maximum Gasteiger partial charge on any atom is 0.230 e. The van der Waals surface area contributed by atoms with Gasteiger partial charge in [0.2, 0.25) is 10.7 Å². The summed E-state index contributed by atoms with van der Waals surface area (Å²) in [5.74, 6) is 0.958. The Bertz CT molecular complexity index is 631. The predicted molar refractivity (Wildman–Crippen MR) is 88.6 cm³/mol. The number of aromatic amines is 1. The summed E-state index contributed by atoms with van der Waals surface area (Å²) >= 11 is 5.45. The van der Waals surface area contributed by atoms with E-state index in [9.17, 15) is 0 Å². The number of benzene rings is 1. The van der Waals surface area contributed by atoms with Gasteiger partial charge in [-0.2, -0.15) is 0 Å². The van der Waals surface area contributed by atoms with Gasteiger partial charge in [-0.15, -0.1) is 5.10 Å². The van der Waals surface area contributed by atoms with Crippen LogP contribution in [-0.4, -0.2) is 27.4 Å². The second kappa shape index (κ2) is 6.43. The van der Waals surface area contributed by atoms with Gasteiger partial charge in [0.05, 0.1) is 5.69 Å². The third kappa shape index (κ3) is 2.88. The minimum Gasteiger partial charge on any atom is -0.338 e. The van der Waals surface area contributed by atoms with E-state index in [1.807, 2.05) is 18.2 Å². The quantitative estimate of drug-likeness (QED) is 0.868. The van der Waals surface area contributed by atoms with Crippen LogP contribution in [0, 0.1) is 4.77 Å². The van der Waals surface area contributed by atoms with E-state index < -0.39 is 0 Å². The zero-order chi connectivity index (χ0) is 14.7. The SMILES string of the molecule is CCC1CCCCCN1c1n[nH]c(=S)n1-c1ccccc1. The van der Waals surface area contributed by atoms with Crippen molar-refractivity contribution < 1.29 is 0 Å². The van der Waals surface area contributed by atoms with Crippen molar-refractivity contribution in [1.29, 1.82) is 0 Å². The highest BCUT2D eigenvalue weighted by molar-refractivity contribution is 7.71. The Morgan fingerprint density at radius 3 is 2.81 bits per heavy atom. The van der Waals surface area contributed by atoms with Crippen molar-refractivity contribution in [1.82, 2.24) is 14.8 Å². The summed E-state index contributed by atoms with van der Waals surface area (Å²) in [6, 6.07) is 10.8. The van der Waals surface area contributed by atoms with Crippen LogP contribution < -0.4 is 4.90 Å². The molecule has 0 spiro atoms. The zero-order valence-corrected chi connectivity index (χ0v) is 13.3. The minimum absolute atomic E-state index is 0.556. The molecule has 1 atom stereocenters. The van der Waals surface area contributed by atoms with Gasteiger partial charge in [-0.3, -0.25) is 4.57 Å². The van der Waals surface area contributed by atoms with E-state index in [-0.39, 0.29) is 0 Å². The first-order valence-corrected chi connectivity index (χ1v) is 8.21. The van der Waals surface area contributed by atoms with E-state index in [1.165, 1.54) is 25.7 Å². The average Bonchev–Trinajstić information content (AvgIpc) is 2.75. The van der Waals surface area contributed by atoms with Crippen molar-refractivity contribution in [3.63, 3.8) is 0 Å². The fraction of sp³-hybridized carbons (Fsp3) is 0.500. The van der Waals surface area contributed by atoms with Gasteiger partial charge in [0.25, 0.3) is 0 Å². The van der Waals surface area contributed by atoms with Crippen LogP contribution in [-0.2, 0) is 0 Å². The van der Waals surface area contributed by atoms with E-state index >= 15 is 0 Å². The number of para-hydroxylation sites is 1. The van der Waals surface area contributed by atoms with Crippen LogP contribution in [0.3, 0.4) is 0 Å². The molecular formula is C16H22N4S. The van der Waals surface area contributed by atoms with Gasteiger partial charge in [0.1, 0.15) is 0 Å². The topological polar surface area (TPSA) is 36.9 Å². The lowest BCUT2D eigenvalue weighted by Crippen LogP contribution is -2.36. The lowest BCUT2D eigenvalue weighted by molar-refractivity contribution is 0.544. The van der Waals surface area contributed by atoms with Gasteiger partial charge < -0.3 is 4.90 Å². The third-order valence-electron chi connectivity index (χ3n) is 4.27. The van der Waals surface area contributed by atoms with Crippen LogP contribution in [0.4, 0.5) is 5.95 Å². The molecule has 5 heteroatoms. The van der Waals surface area contributed by atoms with E-state index in [0.29, 0.717) is 10.8 Å². The molecule has 0 saturated carbocycles. The maximum absolute atomic E-state index is 5.45. The maximum atomic E-state index is 5.45. The van der Waals surface area contributed by atoms with E-state index in [1.54, 1.807) is 0 Å². The van der Waals surface area contributed by atoms with Crippen molar-refractivity contribution in [3.05, 3.63) is 35.1 Å². The molecule has 1 saturated heterocycles. The Balaban J connectivity index is 2.04. The molecule has 1 aromatic carbocycles. The standard InChI is InChI=1S/C16H22N4S/c1-2-13-9-7-4-8-12-19(13)15-17-18-16(21)20(15)14-10-5-3-6-11-14/h3,5-6,10-11,13H,2,4,7-9,12H2,1H3,(H,18,21). The molecule has 0 bridgehead atoms. The fourth-order valence-corrected chi connectivity index (χ4v) is 3.39. The third-order valence-corrected chi connectivity index (χ3v) is 4.55. The molecule has 2 aromatic rings. The number of anilines is 1. The molecule has 1 unspecified atom stereocenters. The first-order valence-electron chi connectivity index (χ1n) is 7.80. The smallest absolute Gasteiger partial charge is 0.230 e. The van der Waals surface area contributed by atoms with Crippen LogP contribution in [0.5, 0.6) is 0 Å². The highest BCUT2D eigenvalue weighted by atomic mass is 32.1. The fourth-order valence-electron chi connectivity index (χ4n) is 3.16. The Morgan fingerprint density at radius 1 is 1.24 bits per heavy atom. The Labute approximate surface area is 130 Å². The molecule has 1 aliphatic rings. The number of nitrogens with one attached hydrogen (secondary N) is 1. The summed E-state index contributed by atoms with van der Waals surface area (Å²) < 4.78 is 2.72. The normalized spacial score (nSPS) is 19.5. The van der Waals surface area contributed by atoms with Gasteiger partial charge >= 0.3 is 0 Å². The molecule has 0 radical (unpaired) electrons. The van der Waals surface area contributed by atoms with Crippen molar-refractivity contribution in [3.8, 4) is 5.69 Å². The van der Waals surface area contributed by atoms with Gasteiger partial charge in [-0.05, 0) is 43.6 Å². The van der Waals surface area contributed by atoms with Gasteiger partial charge in [0, 0.05) is 12.6 Å². The molecule has 4 nitrogen and oxygen atoms in total. The second-order valence-electron chi connectivity index (χ2n) is 5.60. The van der Waals surface area contributed by atoms with E-state index in [2.05, 4.69) is 38.7 Å². The van der Waals surface area contributed by atoms with Crippen LogP contribution in [0.15, 0.2) is 30.3 Å². The first kappa shape index (κ1) is 14.3. The summed E-state index contributed by atoms with van der Waals surface area (Å²) in [5.41, 5.74) is 1.07. The lowest BCUT2D eigenvalue weighted by atomic mass is 10.1. The molecular weight excluding hydrogens is 280 g/mol. The minimum atomic E-state index is 0.556. The monoisotopic (exact) mass is 302 g/mol. The summed E-state index contributed by atoms with van der Waals surface area (Å²) in [6.07, 6.45) is 6.24. The molecule has 21 heavy (non-hydrogen) atoms. The molecule has 1 aliphatic heterocycles. The number of nitrogens with zero attached hydrogens (tertiary/aromatic N) is 3. The number of aromatic nitrogens is 3. The van der Waals surface area contributed by atoms with E-state index in [4.69, 9.17) is 12.2 Å². The predicted octanol–water partition coefficient (Wildman–Crippen LogP) is 4.09. The van der Waals surface area contributed by atoms with Gasteiger partial charge in [0.15, 0.2) is 0 Å². The first-order chi connectivity index (χ1) is 10.3. The molecule has 3 rings (SSSR count). The van der Waals surface area contributed by atoms with Crippen LogP contribution >= 0.6 is 12.2 Å². The van der Waals surface area contributed by atoms with Gasteiger partial charge in [-0.1, -0.05) is 38.0 Å². The molecule has 1 aromatic heterocycles. The van der Waals surface area contributed by atoms with Crippen LogP contribution in [0.1, 0.15) is 39.0 Å². The number of H-pyrrole nitrogens is 1. The van der Waals surface area contributed by atoms with Crippen LogP contribution in [0.25, 0.3) is 5.69 Å². The van der Waals surface area contributed by atoms with Crippen molar-refractivity contribution in [2.24, 2.45) is 0 Å². The summed E-state index contributed by atoms with van der Waals surface area (Å²) in [6.45, 7) is 3.32. The summed E-state index contributed by atoms with van der Waals surface area (Å²) in [4.78, 5) is 2.44. The largest absolute Gasteiger partial charge is 0.338 e. The van der Waals surface area contributed by atoms with Crippen LogP contribution in [0.2, 0.25) is 0 Å². The Hall–Kier alpha value is -1.62. The molecule has 112 valence electrons. The molecule has 2 heterocycles. The second-order valence-corrected chi connectivity index (χ2v) is 5.99. The Kier molecular flexibility index (Phi) is 4.39. The molecule has 1 N–H and O–H groups in total. The number of rotatable bonds is 3. The number of hydrogen-bond donors (Lipinski definition) is 1. The highest BCUT2D eigenvalue weighted by Crippen LogP contribution is 2.26. The number of hydrogen-bond acceptors (Lipinski definition) is 3. The molecule has 1 fully saturated rings. The average molecular weight is 302 g/mol. The lowest BCUT2D eigenvalue weighted by Gasteiger charge is -2.30. The van der Waals surface area contributed by atoms with Crippen molar-refractivity contribution in [2.45, 2.75) is 45.1 Å².